The van der Waals surface area contributed by atoms with Gasteiger partial charge in [-0.1, -0.05) is 20.8 Å². The molecular weight excluding hydrogens is 156 g/mol. The molecule has 1 saturated heterocycles. The fourth-order valence-electron chi connectivity index (χ4n) is 1.31. The van der Waals surface area contributed by atoms with Gasteiger partial charge in [0.2, 0.25) is 0 Å². The Hall–Kier alpha value is -0.570. The fraction of sp³-hybridized carbons (Fsp3) is 0.889. The molecule has 1 N–H and O–H groups in total. The van der Waals surface area contributed by atoms with Crippen molar-refractivity contribution in [1.82, 2.24) is 0 Å². The Morgan fingerprint density at radius 3 is 2.50 bits per heavy atom. The van der Waals surface area contributed by atoms with Gasteiger partial charge in [0, 0.05) is 6.42 Å². The number of hydrogen-bond donors (Lipinski definition) is 1. The third kappa shape index (κ3) is 2.21. The highest BCUT2D eigenvalue weighted by Crippen LogP contribution is 2.29. The Kier molecular flexibility index (Phi) is 2.42. The Balaban J connectivity index is 2.62. The van der Waals surface area contributed by atoms with E-state index in [-0.39, 0.29) is 23.9 Å². The molecule has 1 heterocycles. The quantitative estimate of drug-likeness (QED) is 0.556. The molecule has 0 unspecified atom stereocenters. The van der Waals surface area contributed by atoms with Crippen molar-refractivity contribution >= 4 is 5.97 Å². The van der Waals surface area contributed by atoms with E-state index in [0.29, 0.717) is 6.42 Å². The van der Waals surface area contributed by atoms with E-state index in [2.05, 4.69) is 0 Å². The van der Waals surface area contributed by atoms with Crippen LogP contribution >= 0.6 is 0 Å². The summed E-state index contributed by atoms with van der Waals surface area (Å²) in [5, 5.41) is 9.31. The second-order valence-corrected chi connectivity index (χ2v) is 4.44. The summed E-state index contributed by atoms with van der Waals surface area (Å²) in [5.74, 6) is -0.284. The number of aliphatic hydroxyl groups excluding tert-OH is 1. The summed E-state index contributed by atoms with van der Waals surface area (Å²) >= 11 is 0. The topological polar surface area (TPSA) is 46.5 Å². The number of hydrogen-bond acceptors (Lipinski definition) is 3. The van der Waals surface area contributed by atoms with Gasteiger partial charge in [-0.15, -0.1) is 0 Å². The predicted octanol–water partition coefficient (Wildman–Crippen LogP) is 1.10. The molecule has 1 aliphatic heterocycles. The van der Waals surface area contributed by atoms with Gasteiger partial charge >= 0.3 is 5.97 Å². The van der Waals surface area contributed by atoms with E-state index in [1.165, 1.54) is 0 Å². The molecule has 0 aromatic rings. The molecule has 0 amide bonds. The maximum absolute atomic E-state index is 10.9. The molecule has 0 saturated carbocycles. The van der Waals surface area contributed by atoms with Gasteiger partial charge in [-0.2, -0.15) is 0 Å². The number of carbonyl (C=O) groups is 1. The van der Waals surface area contributed by atoms with Crippen molar-refractivity contribution in [2.75, 3.05) is 0 Å². The van der Waals surface area contributed by atoms with Crippen LogP contribution in [0, 0.1) is 5.41 Å². The molecule has 70 valence electrons. The summed E-state index contributed by atoms with van der Waals surface area (Å²) in [5.41, 5.74) is -0.0724. The minimum absolute atomic E-state index is 0.0724. The largest absolute Gasteiger partial charge is 0.462 e. The summed E-state index contributed by atoms with van der Waals surface area (Å²) < 4.78 is 5.12. The average Bonchev–Trinajstić information content (AvgIpc) is 1.82. The third-order valence-electron chi connectivity index (χ3n) is 2.13. The summed E-state index contributed by atoms with van der Waals surface area (Å²) in [6.07, 6.45) is 0.0474. The molecule has 0 aliphatic carbocycles. The molecule has 1 aliphatic rings. The molecule has 0 aromatic heterocycles. The van der Waals surface area contributed by atoms with Gasteiger partial charge in [0.15, 0.2) is 0 Å². The van der Waals surface area contributed by atoms with E-state index in [1.807, 2.05) is 20.8 Å². The third-order valence-corrected chi connectivity index (χ3v) is 2.13. The van der Waals surface area contributed by atoms with Gasteiger partial charge in [-0.05, 0) is 5.41 Å². The summed E-state index contributed by atoms with van der Waals surface area (Å²) in [6.45, 7) is 6.01. The van der Waals surface area contributed by atoms with Crippen LogP contribution < -0.4 is 0 Å². The van der Waals surface area contributed by atoms with Crippen LogP contribution in [0.15, 0.2) is 0 Å². The second kappa shape index (κ2) is 3.05. The number of ether oxygens (including phenoxy) is 1. The van der Waals surface area contributed by atoms with E-state index in [0.717, 1.165) is 0 Å². The standard InChI is InChI=1S/C9H16O3/c1-9(2,3)7-4-6(10)5-8(11)12-7/h6-7,10H,4-5H2,1-3H3/t6-,7+/m1/s1. The lowest BCUT2D eigenvalue weighted by molar-refractivity contribution is -0.168. The van der Waals surface area contributed by atoms with Gasteiger partial charge in [-0.25, -0.2) is 0 Å². The molecule has 1 rings (SSSR count). The Labute approximate surface area is 72.7 Å². The zero-order valence-electron chi connectivity index (χ0n) is 7.83. The number of aliphatic hydroxyl groups is 1. The summed E-state index contributed by atoms with van der Waals surface area (Å²) in [6, 6.07) is 0. The van der Waals surface area contributed by atoms with Crippen LogP contribution in [0.3, 0.4) is 0 Å². The first kappa shape index (κ1) is 9.52. The Morgan fingerprint density at radius 1 is 1.50 bits per heavy atom. The van der Waals surface area contributed by atoms with Crippen LogP contribution in [0.4, 0.5) is 0 Å². The highest BCUT2D eigenvalue weighted by Gasteiger charge is 2.35. The van der Waals surface area contributed by atoms with Crippen molar-refractivity contribution in [1.29, 1.82) is 0 Å². The second-order valence-electron chi connectivity index (χ2n) is 4.44. The van der Waals surface area contributed by atoms with E-state index < -0.39 is 6.10 Å². The van der Waals surface area contributed by atoms with Gasteiger partial charge in [0.1, 0.15) is 6.10 Å². The van der Waals surface area contributed by atoms with Crippen molar-refractivity contribution < 1.29 is 14.6 Å². The van der Waals surface area contributed by atoms with Crippen molar-refractivity contribution in [3.05, 3.63) is 0 Å². The first-order valence-electron chi connectivity index (χ1n) is 4.27. The van der Waals surface area contributed by atoms with Crippen LogP contribution in [0.2, 0.25) is 0 Å². The number of rotatable bonds is 0. The molecule has 3 heteroatoms. The van der Waals surface area contributed by atoms with Gasteiger partial charge in [0.25, 0.3) is 0 Å². The van der Waals surface area contributed by atoms with Crippen molar-refractivity contribution in [2.45, 2.75) is 45.8 Å². The lowest BCUT2D eigenvalue weighted by atomic mass is 9.84. The maximum Gasteiger partial charge on any atom is 0.308 e. The maximum atomic E-state index is 10.9. The molecule has 0 spiro atoms. The molecule has 0 aromatic carbocycles. The minimum atomic E-state index is -0.518. The molecule has 2 atom stereocenters. The summed E-state index contributed by atoms with van der Waals surface area (Å²) in [4.78, 5) is 10.9. The highest BCUT2D eigenvalue weighted by molar-refractivity contribution is 5.71. The molecule has 3 nitrogen and oxygen atoms in total. The Morgan fingerprint density at radius 2 is 2.08 bits per heavy atom. The Bertz CT molecular complexity index is 181. The van der Waals surface area contributed by atoms with E-state index in [9.17, 15) is 9.90 Å². The van der Waals surface area contributed by atoms with E-state index in [1.54, 1.807) is 0 Å². The van der Waals surface area contributed by atoms with Crippen LogP contribution in [0.25, 0.3) is 0 Å². The number of carbonyl (C=O) groups excluding carboxylic acids is 1. The van der Waals surface area contributed by atoms with Crippen LogP contribution in [0.1, 0.15) is 33.6 Å². The van der Waals surface area contributed by atoms with Gasteiger partial charge in [0.05, 0.1) is 12.5 Å². The normalized spacial score (nSPS) is 31.5. The minimum Gasteiger partial charge on any atom is -0.462 e. The van der Waals surface area contributed by atoms with Crippen LogP contribution in [0.5, 0.6) is 0 Å². The molecular formula is C9H16O3. The SMILES string of the molecule is CC(C)(C)[C@@H]1C[C@@H](O)CC(=O)O1. The average molecular weight is 172 g/mol. The lowest BCUT2D eigenvalue weighted by Crippen LogP contribution is -2.40. The monoisotopic (exact) mass is 172 g/mol. The smallest absolute Gasteiger partial charge is 0.308 e. The number of cyclic esters (lactones) is 1. The highest BCUT2D eigenvalue weighted by atomic mass is 16.5. The summed E-state index contributed by atoms with van der Waals surface area (Å²) in [7, 11) is 0. The van der Waals surface area contributed by atoms with Crippen LogP contribution in [-0.2, 0) is 9.53 Å². The van der Waals surface area contributed by atoms with E-state index >= 15 is 0 Å². The zero-order valence-corrected chi connectivity index (χ0v) is 7.83. The van der Waals surface area contributed by atoms with Gasteiger partial charge < -0.3 is 9.84 Å². The van der Waals surface area contributed by atoms with Crippen molar-refractivity contribution in [3.8, 4) is 0 Å². The molecule has 1 fully saturated rings. The van der Waals surface area contributed by atoms with Crippen LogP contribution in [-0.4, -0.2) is 23.3 Å². The van der Waals surface area contributed by atoms with Gasteiger partial charge in [-0.3, -0.25) is 4.79 Å². The first-order valence-corrected chi connectivity index (χ1v) is 4.27. The predicted molar refractivity (Wildman–Crippen MR) is 44.6 cm³/mol. The number of esters is 1. The van der Waals surface area contributed by atoms with Crippen molar-refractivity contribution in [3.63, 3.8) is 0 Å². The van der Waals surface area contributed by atoms with E-state index in [4.69, 9.17) is 4.74 Å². The molecule has 12 heavy (non-hydrogen) atoms. The molecule has 0 radical (unpaired) electrons. The zero-order chi connectivity index (χ0) is 9.35. The fourth-order valence-corrected chi connectivity index (χ4v) is 1.31. The van der Waals surface area contributed by atoms with Crippen molar-refractivity contribution in [2.24, 2.45) is 5.41 Å². The first-order chi connectivity index (χ1) is 5.39. The lowest BCUT2D eigenvalue weighted by Gasteiger charge is -2.35. The molecule has 0 bridgehead atoms.